The smallest absolute Gasteiger partial charge is 0.263 e. The highest BCUT2D eigenvalue weighted by molar-refractivity contribution is 7.13. The molecule has 1 aliphatic rings. The monoisotopic (exact) mass is 274 g/mol. The average molecular weight is 275 g/mol. The van der Waals surface area contributed by atoms with E-state index in [1.807, 2.05) is 30.9 Å². The number of aryl methyl sites for hydroxylation is 1. The van der Waals surface area contributed by atoms with E-state index in [1.165, 1.54) is 4.88 Å². The summed E-state index contributed by atoms with van der Waals surface area (Å²) in [6.07, 6.45) is 1.04. The molecule has 1 saturated heterocycles. The Kier molecular flexibility index (Phi) is 4.98. The van der Waals surface area contributed by atoms with E-state index in [4.69, 9.17) is 5.73 Å². The second kappa shape index (κ2) is 5.85. The zero-order valence-electron chi connectivity index (χ0n) is 10.2. The fourth-order valence-electron chi connectivity index (χ4n) is 2.11. The molecule has 1 aromatic rings. The topological polar surface area (TPSA) is 46.3 Å². The average Bonchev–Trinajstić information content (AvgIpc) is 2.84. The van der Waals surface area contributed by atoms with Crippen molar-refractivity contribution >= 4 is 29.7 Å². The maximum absolute atomic E-state index is 12.1. The highest BCUT2D eigenvalue weighted by Gasteiger charge is 2.29. The van der Waals surface area contributed by atoms with Crippen LogP contribution in [-0.2, 0) is 0 Å². The molecule has 1 amide bonds. The van der Waals surface area contributed by atoms with Crippen molar-refractivity contribution in [3.8, 4) is 0 Å². The van der Waals surface area contributed by atoms with E-state index in [2.05, 4.69) is 0 Å². The predicted molar refractivity (Wildman–Crippen MR) is 74.0 cm³/mol. The first-order valence-corrected chi connectivity index (χ1v) is 6.51. The van der Waals surface area contributed by atoms with Gasteiger partial charge in [-0.15, -0.1) is 23.7 Å². The molecule has 0 aromatic carbocycles. The third-order valence-electron chi connectivity index (χ3n) is 3.21. The van der Waals surface area contributed by atoms with Gasteiger partial charge in [0, 0.05) is 24.0 Å². The predicted octanol–water partition coefficient (Wildman–Crippen LogP) is 2.29. The summed E-state index contributed by atoms with van der Waals surface area (Å²) in [6, 6.07) is 4.10. The molecule has 5 heteroatoms. The molecule has 1 fully saturated rings. The first-order chi connectivity index (χ1) is 7.58. The molecule has 2 rings (SSSR count). The Morgan fingerprint density at radius 1 is 1.59 bits per heavy atom. The summed E-state index contributed by atoms with van der Waals surface area (Å²) in [5.74, 6) is 0.631. The molecule has 0 aliphatic carbocycles. The molecular formula is C12H19ClN2OS. The van der Waals surface area contributed by atoms with Crippen LogP contribution in [0.5, 0.6) is 0 Å². The number of likely N-dealkylation sites (tertiary alicyclic amines) is 1. The van der Waals surface area contributed by atoms with Crippen molar-refractivity contribution in [2.24, 2.45) is 11.7 Å². The summed E-state index contributed by atoms with van der Waals surface area (Å²) in [6.45, 7) is 5.71. The van der Waals surface area contributed by atoms with Crippen LogP contribution in [0.15, 0.2) is 12.1 Å². The number of rotatable bonds is 2. The van der Waals surface area contributed by atoms with Crippen LogP contribution < -0.4 is 5.73 Å². The van der Waals surface area contributed by atoms with Crippen LogP contribution in [0.4, 0.5) is 0 Å². The van der Waals surface area contributed by atoms with E-state index in [0.29, 0.717) is 5.92 Å². The van der Waals surface area contributed by atoms with E-state index in [0.717, 1.165) is 24.4 Å². The zero-order valence-corrected chi connectivity index (χ0v) is 11.8. The molecule has 0 spiro atoms. The van der Waals surface area contributed by atoms with Crippen molar-refractivity contribution in [3.05, 3.63) is 21.9 Å². The largest absolute Gasteiger partial charge is 0.338 e. The molecule has 2 heterocycles. The number of thiophene rings is 1. The van der Waals surface area contributed by atoms with Gasteiger partial charge in [0.25, 0.3) is 5.91 Å². The molecular weight excluding hydrogens is 256 g/mol. The van der Waals surface area contributed by atoms with Crippen LogP contribution >= 0.6 is 23.7 Å². The highest BCUT2D eigenvalue weighted by Crippen LogP contribution is 2.23. The van der Waals surface area contributed by atoms with Gasteiger partial charge in [-0.1, -0.05) is 0 Å². The minimum atomic E-state index is 0. The van der Waals surface area contributed by atoms with Gasteiger partial charge in [-0.05, 0) is 38.3 Å². The summed E-state index contributed by atoms with van der Waals surface area (Å²) < 4.78 is 0. The van der Waals surface area contributed by atoms with Crippen molar-refractivity contribution in [2.75, 3.05) is 13.1 Å². The van der Waals surface area contributed by atoms with E-state index < -0.39 is 0 Å². The Morgan fingerprint density at radius 3 is 2.76 bits per heavy atom. The lowest BCUT2D eigenvalue weighted by atomic mass is 10.0. The van der Waals surface area contributed by atoms with Crippen LogP contribution in [0.2, 0.25) is 0 Å². The maximum atomic E-state index is 12.1. The van der Waals surface area contributed by atoms with Gasteiger partial charge >= 0.3 is 0 Å². The third kappa shape index (κ3) is 3.21. The quantitative estimate of drug-likeness (QED) is 0.899. The first kappa shape index (κ1) is 14.5. The second-order valence-corrected chi connectivity index (χ2v) is 5.86. The molecule has 1 aliphatic heterocycles. The minimum Gasteiger partial charge on any atom is -0.338 e. The van der Waals surface area contributed by atoms with E-state index in [1.54, 1.807) is 11.3 Å². The number of amides is 1. The van der Waals surface area contributed by atoms with Gasteiger partial charge < -0.3 is 10.6 Å². The number of carbonyl (C=O) groups is 1. The van der Waals surface area contributed by atoms with Gasteiger partial charge in [0.05, 0.1) is 4.88 Å². The number of nitrogens with two attached hydrogens (primary N) is 1. The Balaban J connectivity index is 0.00000144. The first-order valence-electron chi connectivity index (χ1n) is 5.69. The standard InChI is InChI=1S/C12H18N2OS.ClH/c1-8-3-4-11(16-8)12(15)14-6-5-10(7-14)9(2)13;/h3-4,9-10H,5-7,13H2,1-2H3;1H. The van der Waals surface area contributed by atoms with Crippen LogP contribution in [0.3, 0.4) is 0 Å². The Labute approximate surface area is 112 Å². The summed E-state index contributed by atoms with van der Waals surface area (Å²) in [7, 11) is 0. The number of carbonyl (C=O) groups excluding carboxylic acids is 1. The molecule has 3 nitrogen and oxygen atoms in total. The van der Waals surface area contributed by atoms with Crippen LogP contribution in [0.25, 0.3) is 0 Å². The Bertz CT molecular complexity index is 392. The van der Waals surface area contributed by atoms with Crippen LogP contribution in [0.1, 0.15) is 27.9 Å². The third-order valence-corrected chi connectivity index (χ3v) is 4.20. The fraction of sp³-hybridized carbons (Fsp3) is 0.583. The lowest BCUT2D eigenvalue weighted by Crippen LogP contribution is -2.32. The molecule has 0 saturated carbocycles. The van der Waals surface area contributed by atoms with Crippen molar-refractivity contribution in [3.63, 3.8) is 0 Å². The van der Waals surface area contributed by atoms with E-state index in [9.17, 15) is 4.79 Å². The van der Waals surface area contributed by atoms with Gasteiger partial charge in [0.15, 0.2) is 0 Å². The summed E-state index contributed by atoms with van der Waals surface area (Å²) in [5, 5.41) is 0. The number of nitrogens with zero attached hydrogens (tertiary/aromatic N) is 1. The molecule has 0 radical (unpaired) electrons. The second-order valence-electron chi connectivity index (χ2n) is 4.57. The normalized spacial score (nSPS) is 21.1. The summed E-state index contributed by atoms with van der Waals surface area (Å²) >= 11 is 1.57. The van der Waals surface area contributed by atoms with Gasteiger partial charge in [-0.25, -0.2) is 0 Å². The van der Waals surface area contributed by atoms with E-state index >= 15 is 0 Å². The number of halogens is 1. The van der Waals surface area contributed by atoms with Gasteiger partial charge in [0.2, 0.25) is 0 Å². The van der Waals surface area contributed by atoms with Crippen molar-refractivity contribution < 1.29 is 4.79 Å². The Hall–Kier alpha value is -0.580. The zero-order chi connectivity index (χ0) is 11.7. The van der Waals surface area contributed by atoms with Crippen molar-refractivity contribution in [1.29, 1.82) is 0 Å². The highest BCUT2D eigenvalue weighted by atomic mass is 35.5. The van der Waals surface area contributed by atoms with Gasteiger partial charge in [-0.2, -0.15) is 0 Å². The Morgan fingerprint density at radius 2 is 2.29 bits per heavy atom. The molecule has 0 bridgehead atoms. The van der Waals surface area contributed by atoms with Crippen molar-refractivity contribution in [1.82, 2.24) is 4.90 Å². The minimum absolute atomic E-state index is 0. The number of hydrogen-bond acceptors (Lipinski definition) is 3. The lowest BCUT2D eigenvalue weighted by Gasteiger charge is -2.17. The van der Waals surface area contributed by atoms with Gasteiger partial charge in [-0.3, -0.25) is 4.79 Å². The van der Waals surface area contributed by atoms with Crippen molar-refractivity contribution in [2.45, 2.75) is 26.3 Å². The van der Waals surface area contributed by atoms with Crippen LogP contribution in [0, 0.1) is 12.8 Å². The van der Waals surface area contributed by atoms with Gasteiger partial charge in [0.1, 0.15) is 0 Å². The molecule has 17 heavy (non-hydrogen) atoms. The molecule has 2 unspecified atom stereocenters. The SMILES string of the molecule is Cc1ccc(C(=O)N2CCC(C(C)N)C2)s1.Cl. The molecule has 96 valence electrons. The van der Waals surface area contributed by atoms with Crippen LogP contribution in [-0.4, -0.2) is 29.9 Å². The molecule has 2 N–H and O–H groups in total. The molecule has 2 atom stereocenters. The molecule has 1 aromatic heterocycles. The van der Waals surface area contributed by atoms with E-state index in [-0.39, 0.29) is 24.4 Å². The summed E-state index contributed by atoms with van der Waals surface area (Å²) in [4.78, 5) is 16.1. The fourth-order valence-corrected chi connectivity index (χ4v) is 2.94. The number of hydrogen-bond donors (Lipinski definition) is 1. The maximum Gasteiger partial charge on any atom is 0.263 e. The lowest BCUT2D eigenvalue weighted by molar-refractivity contribution is 0.0791. The summed E-state index contributed by atoms with van der Waals surface area (Å²) in [5.41, 5.74) is 5.87.